The van der Waals surface area contributed by atoms with E-state index in [1.807, 2.05) is 11.8 Å². The smallest absolute Gasteiger partial charge is 0.223 e. The Morgan fingerprint density at radius 3 is 2.59 bits per heavy atom. The third-order valence-electron chi connectivity index (χ3n) is 4.36. The molecule has 0 atom stereocenters. The van der Waals surface area contributed by atoms with Gasteiger partial charge in [0.1, 0.15) is 0 Å². The monoisotopic (exact) mass is 323 g/mol. The molecule has 2 saturated heterocycles. The molecule has 0 bridgehead atoms. The predicted octanol–water partition coefficient (Wildman–Crippen LogP) is 0.395. The van der Waals surface area contributed by atoms with Crippen molar-refractivity contribution in [2.75, 3.05) is 63.8 Å². The van der Waals surface area contributed by atoms with Crippen molar-refractivity contribution in [3.05, 3.63) is 11.1 Å². The largest absolute Gasteiger partial charge is 0.346 e. The molecule has 122 valence electrons. The number of aromatic nitrogens is 1. The number of amides is 1. The van der Waals surface area contributed by atoms with E-state index in [4.69, 9.17) is 0 Å². The van der Waals surface area contributed by atoms with Gasteiger partial charge in [0.25, 0.3) is 0 Å². The molecule has 22 heavy (non-hydrogen) atoms. The number of piperazine rings is 2. The molecule has 2 aliphatic heterocycles. The summed E-state index contributed by atoms with van der Waals surface area (Å²) in [5, 5.41) is 6.52. The van der Waals surface area contributed by atoms with Crippen molar-refractivity contribution in [2.24, 2.45) is 0 Å². The summed E-state index contributed by atoms with van der Waals surface area (Å²) in [4.78, 5) is 23.5. The molecule has 3 heterocycles. The molecule has 2 fully saturated rings. The number of nitrogens with one attached hydrogen (secondary N) is 1. The van der Waals surface area contributed by atoms with Gasteiger partial charge in [0.2, 0.25) is 5.91 Å². The van der Waals surface area contributed by atoms with Crippen molar-refractivity contribution >= 4 is 22.4 Å². The molecule has 1 N–H and O–H groups in total. The van der Waals surface area contributed by atoms with Gasteiger partial charge >= 0.3 is 0 Å². The minimum Gasteiger partial charge on any atom is -0.346 e. The second-order valence-electron chi connectivity index (χ2n) is 5.98. The third-order valence-corrected chi connectivity index (χ3v) is 5.38. The van der Waals surface area contributed by atoms with Gasteiger partial charge in [0, 0.05) is 70.7 Å². The molecule has 0 spiro atoms. The standard InChI is InChI=1S/C15H25N5OS/c1-13-12-22-15(17-13)20-10-8-18(9-11-20)5-2-14(21)19-6-3-16-4-7-19/h12,16H,2-11H2,1H3. The van der Waals surface area contributed by atoms with Crippen LogP contribution < -0.4 is 10.2 Å². The van der Waals surface area contributed by atoms with Crippen LogP contribution >= 0.6 is 11.3 Å². The Labute approximate surface area is 136 Å². The summed E-state index contributed by atoms with van der Waals surface area (Å²) in [5.74, 6) is 0.305. The molecule has 0 unspecified atom stereocenters. The zero-order valence-electron chi connectivity index (χ0n) is 13.3. The van der Waals surface area contributed by atoms with Gasteiger partial charge in [-0.3, -0.25) is 9.69 Å². The molecule has 1 amide bonds. The number of carbonyl (C=O) groups excluding carboxylic acids is 1. The number of hydrogen-bond donors (Lipinski definition) is 1. The summed E-state index contributed by atoms with van der Waals surface area (Å²) in [6.07, 6.45) is 0.649. The van der Waals surface area contributed by atoms with Crippen molar-refractivity contribution in [1.82, 2.24) is 20.1 Å². The van der Waals surface area contributed by atoms with Gasteiger partial charge in [-0.1, -0.05) is 0 Å². The molecule has 1 aromatic heterocycles. The Kier molecular flexibility index (Phi) is 5.28. The molecule has 7 heteroatoms. The lowest BCUT2D eigenvalue weighted by Gasteiger charge is -2.35. The van der Waals surface area contributed by atoms with Crippen molar-refractivity contribution in [1.29, 1.82) is 0 Å². The molecule has 2 aliphatic rings. The Morgan fingerprint density at radius 1 is 1.23 bits per heavy atom. The van der Waals surface area contributed by atoms with E-state index in [1.54, 1.807) is 11.3 Å². The molecule has 0 radical (unpaired) electrons. The lowest BCUT2D eigenvalue weighted by molar-refractivity contribution is -0.132. The van der Waals surface area contributed by atoms with Crippen LogP contribution in [0.1, 0.15) is 12.1 Å². The fourth-order valence-electron chi connectivity index (χ4n) is 2.98. The summed E-state index contributed by atoms with van der Waals surface area (Å²) >= 11 is 1.72. The van der Waals surface area contributed by atoms with Gasteiger partial charge < -0.3 is 15.1 Å². The van der Waals surface area contributed by atoms with Gasteiger partial charge in [-0.05, 0) is 6.92 Å². The summed E-state index contributed by atoms with van der Waals surface area (Å²) in [7, 11) is 0. The fourth-order valence-corrected chi connectivity index (χ4v) is 3.83. The van der Waals surface area contributed by atoms with Crippen LogP contribution in [0.5, 0.6) is 0 Å². The molecule has 3 rings (SSSR count). The van der Waals surface area contributed by atoms with Crippen LogP contribution in [0, 0.1) is 6.92 Å². The lowest BCUT2D eigenvalue weighted by Crippen LogP contribution is -2.49. The van der Waals surface area contributed by atoms with E-state index in [9.17, 15) is 4.79 Å². The normalized spacial score (nSPS) is 20.4. The summed E-state index contributed by atoms with van der Waals surface area (Å²) in [5.41, 5.74) is 1.10. The highest BCUT2D eigenvalue weighted by molar-refractivity contribution is 7.13. The van der Waals surface area contributed by atoms with E-state index in [-0.39, 0.29) is 0 Å². The van der Waals surface area contributed by atoms with Gasteiger partial charge in [-0.15, -0.1) is 11.3 Å². The topological polar surface area (TPSA) is 51.7 Å². The zero-order chi connectivity index (χ0) is 15.4. The van der Waals surface area contributed by atoms with Crippen LogP contribution in [-0.4, -0.2) is 79.6 Å². The average molecular weight is 323 g/mol. The Hall–Kier alpha value is -1.18. The molecule has 6 nitrogen and oxygen atoms in total. The van der Waals surface area contributed by atoms with E-state index >= 15 is 0 Å². The first-order valence-electron chi connectivity index (χ1n) is 8.10. The maximum Gasteiger partial charge on any atom is 0.223 e. The summed E-state index contributed by atoms with van der Waals surface area (Å²) in [6, 6.07) is 0. The number of thiazole rings is 1. The van der Waals surface area contributed by atoms with Crippen molar-refractivity contribution < 1.29 is 4.79 Å². The Morgan fingerprint density at radius 2 is 1.95 bits per heavy atom. The van der Waals surface area contributed by atoms with Gasteiger partial charge in [0.15, 0.2) is 5.13 Å². The highest BCUT2D eigenvalue weighted by Crippen LogP contribution is 2.21. The Bertz CT molecular complexity index is 492. The zero-order valence-corrected chi connectivity index (χ0v) is 14.1. The highest BCUT2D eigenvalue weighted by atomic mass is 32.1. The Balaban J connectivity index is 1.39. The second-order valence-corrected chi connectivity index (χ2v) is 6.82. The van der Waals surface area contributed by atoms with E-state index in [0.29, 0.717) is 12.3 Å². The van der Waals surface area contributed by atoms with Gasteiger partial charge in [0.05, 0.1) is 5.69 Å². The first kappa shape index (κ1) is 15.7. The van der Waals surface area contributed by atoms with Crippen LogP contribution in [0.2, 0.25) is 0 Å². The van der Waals surface area contributed by atoms with E-state index in [0.717, 1.165) is 69.7 Å². The van der Waals surface area contributed by atoms with Crippen LogP contribution in [-0.2, 0) is 4.79 Å². The molecular weight excluding hydrogens is 298 g/mol. The van der Waals surface area contributed by atoms with Gasteiger partial charge in [-0.25, -0.2) is 4.98 Å². The molecule has 0 aliphatic carbocycles. The van der Waals surface area contributed by atoms with Crippen molar-refractivity contribution in [3.63, 3.8) is 0 Å². The fraction of sp³-hybridized carbons (Fsp3) is 0.733. The van der Waals surface area contributed by atoms with Crippen LogP contribution in [0.25, 0.3) is 0 Å². The maximum absolute atomic E-state index is 12.2. The SMILES string of the molecule is Cc1csc(N2CCN(CCC(=O)N3CCNCC3)CC2)n1. The molecule has 0 saturated carbocycles. The van der Waals surface area contributed by atoms with Gasteiger partial charge in [-0.2, -0.15) is 0 Å². The van der Waals surface area contributed by atoms with E-state index < -0.39 is 0 Å². The van der Waals surface area contributed by atoms with Crippen LogP contribution in [0.15, 0.2) is 5.38 Å². The lowest BCUT2D eigenvalue weighted by atomic mass is 10.2. The number of anilines is 1. The minimum atomic E-state index is 0.305. The third kappa shape index (κ3) is 3.97. The predicted molar refractivity (Wildman–Crippen MR) is 89.6 cm³/mol. The average Bonchev–Trinajstić information content (AvgIpc) is 3.00. The van der Waals surface area contributed by atoms with E-state index in [2.05, 4.69) is 25.5 Å². The molecule has 1 aromatic rings. The van der Waals surface area contributed by atoms with E-state index in [1.165, 1.54) is 0 Å². The number of aryl methyl sites for hydroxylation is 1. The summed E-state index contributed by atoms with van der Waals surface area (Å²) < 4.78 is 0. The number of rotatable bonds is 4. The molecule has 0 aromatic carbocycles. The first-order valence-corrected chi connectivity index (χ1v) is 8.98. The number of nitrogens with zero attached hydrogens (tertiary/aromatic N) is 4. The highest BCUT2D eigenvalue weighted by Gasteiger charge is 2.21. The number of carbonyl (C=O) groups is 1. The van der Waals surface area contributed by atoms with Crippen LogP contribution in [0.3, 0.4) is 0 Å². The minimum absolute atomic E-state index is 0.305. The van der Waals surface area contributed by atoms with Crippen molar-refractivity contribution in [3.8, 4) is 0 Å². The molecular formula is C15H25N5OS. The van der Waals surface area contributed by atoms with Crippen molar-refractivity contribution in [2.45, 2.75) is 13.3 Å². The van der Waals surface area contributed by atoms with Crippen LogP contribution in [0.4, 0.5) is 5.13 Å². The summed E-state index contributed by atoms with van der Waals surface area (Å²) in [6.45, 7) is 10.6. The quantitative estimate of drug-likeness (QED) is 0.869. The number of hydrogen-bond acceptors (Lipinski definition) is 6. The second kappa shape index (κ2) is 7.39. The maximum atomic E-state index is 12.2. The first-order chi connectivity index (χ1) is 10.7.